The average Bonchev–Trinajstić information content (AvgIpc) is 3.36. The van der Waals surface area contributed by atoms with Gasteiger partial charge in [-0.1, -0.05) is 71.7 Å². The lowest BCUT2D eigenvalue weighted by molar-refractivity contribution is 0.620. The average molecular weight is 421 g/mol. The summed E-state index contributed by atoms with van der Waals surface area (Å²) in [6, 6.07) is 24.2. The number of hydrogen-bond donors (Lipinski definition) is 1. The van der Waals surface area contributed by atoms with Crippen LogP contribution < -0.4 is 5.43 Å². The first-order valence-electron chi connectivity index (χ1n) is 9.45. The van der Waals surface area contributed by atoms with E-state index in [1.54, 1.807) is 6.07 Å². The number of rotatable bonds is 4. The molecule has 0 fully saturated rings. The monoisotopic (exact) mass is 420 g/mol. The van der Waals surface area contributed by atoms with E-state index in [4.69, 9.17) is 28.2 Å². The molecular weight excluding hydrogens is 403 g/mol. The Morgan fingerprint density at radius 1 is 0.966 bits per heavy atom. The minimum absolute atomic E-state index is 0.151. The number of nitrogens with zero attached hydrogens (tertiary/aromatic N) is 3. The van der Waals surface area contributed by atoms with Gasteiger partial charge >= 0.3 is 0 Å². The molecule has 6 heteroatoms. The number of hydrazone groups is 1. The molecule has 29 heavy (non-hydrogen) atoms. The number of para-hydroxylation sites is 2. The number of benzene rings is 3. The zero-order valence-corrected chi connectivity index (χ0v) is 17.0. The first-order valence-corrected chi connectivity index (χ1v) is 10.2. The third-order valence-corrected chi connectivity index (χ3v) is 5.80. The zero-order valence-electron chi connectivity index (χ0n) is 15.5. The van der Waals surface area contributed by atoms with Crippen molar-refractivity contribution in [3.63, 3.8) is 0 Å². The molecule has 0 radical (unpaired) electrons. The molecule has 4 nitrogen and oxygen atoms in total. The second-order valence-electron chi connectivity index (χ2n) is 7.10. The van der Waals surface area contributed by atoms with Crippen molar-refractivity contribution >= 4 is 39.9 Å². The molecule has 5 rings (SSSR count). The van der Waals surface area contributed by atoms with Gasteiger partial charge in [0.25, 0.3) is 0 Å². The Bertz CT molecular complexity index is 1210. The highest BCUT2D eigenvalue weighted by molar-refractivity contribution is 6.35. The van der Waals surface area contributed by atoms with Crippen LogP contribution in [0.3, 0.4) is 0 Å². The van der Waals surface area contributed by atoms with Crippen molar-refractivity contribution in [2.24, 2.45) is 5.10 Å². The molecule has 144 valence electrons. The first kappa shape index (κ1) is 18.2. The van der Waals surface area contributed by atoms with Crippen molar-refractivity contribution in [2.75, 3.05) is 0 Å². The van der Waals surface area contributed by atoms with Crippen LogP contribution in [0.2, 0.25) is 10.0 Å². The van der Waals surface area contributed by atoms with Crippen molar-refractivity contribution in [1.29, 1.82) is 0 Å². The van der Waals surface area contributed by atoms with Gasteiger partial charge in [-0.3, -0.25) is 0 Å². The van der Waals surface area contributed by atoms with Crippen molar-refractivity contribution in [3.8, 4) is 0 Å². The summed E-state index contributed by atoms with van der Waals surface area (Å²) in [6.07, 6.45) is 0.779. The maximum absolute atomic E-state index is 6.45. The minimum Gasteiger partial charge on any atom is -0.318 e. The Labute approximate surface area is 178 Å². The number of hydrogen-bond acceptors (Lipinski definition) is 3. The van der Waals surface area contributed by atoms with Crippen molar-refractivity contribution in [1.82, 2.24) is 15.0 Å². The molecule has 1 atom stereocenters. The predicted octanol–water partition coefficient (Wildman–Crippen LogP) is 5.83. The summed E-state index contributed by atoms with van der Waals surface area (Å²) in [5.74, 6) is 0.864. The van der Waals surface area contributed by atoms with E-state index < -0.39 is 0 Å². The zero-order chi connectivity index (χ0) is 19.8. The number of halogens is 2. The molecular formula is C23H18Cl2N4. The topological polar surface area (TPSA) is 42.2 Å². The van der Waals surface area contributed by atoms with E-state index in [0.29, 0.717) is 16.6 Å². The SMILES string of the molecule is Clc1ccc(Cn2c(C3=NN[C@@H](c4ccccc4)C3)nc3ccccc32)c(Cl)c1. The van der Waals surface area contributed by atoms with Gasteiger partial charge in [-0.15, -0.1) is 0 Å². The van der Waals surface area contributed by atoms with Crippen LogP contribution in [0.4, 0.5) is 0 Å². The van der Waals surface area contributed by atoms with Gasteiger partial charge in [-0.25, -0.2) is 4.98 Å². The first-order chi connectivity index (χ1) is 14.2. The van der Waals surface area contributed by atoms with Gasteiger partial charge in [0.05, 0.1) is 23.6 Å². The summed E-state index contributed by atoms with van der Waals surface area (Å²) in [5.41, 5.74) is 8.42. The second kappa shape index (κ2) is 7.54. The Balaban J connectivity index is 1.53. The summed E-state index contributed by atoms with van der Waals surface area (Å²) in [7, 11) is 0. The quantitative estimate of drug-likeness (QED) is 0.451. The molecule has 1 aliphatic heterocycles. The predicted molar refractivity (Wildman–Crippen MR) is 119 cm³/mol. The van der Waals surface area contributed by atoms with Crippen LogP contribution in [0.5, 0.6) is 0 Å². The molecule has 2 heterocycles. The summed E-state index contributed by atoms with van der Waals surface area (Å²) in [4.78, 5) is 4.89. The van der Waals surface area contributed by atoms with Crippen LogP contribution in [-0.2, 0) is 6.54 Å². The fourth-order valence-electron chi connectivity index (χ4n) is 3.74. The fourth-order valence-corrected chi connectivity index (χ4v) is 4.20. The molecule has 4 aromatic rings. The van der Waals surface area contributed by atoms with Crippen LogP contribution in [0.1, 0.15) is 29.4 Å². The highest BCUT2D eigenvalue weighted by atomic mass is 35.5. The number of fused-ring (bicyclic) bond motifs is 1. The van der Waals surface area contributed by atoms with Gasteiger partial charge in [-0.2, -0.15) is 5.10 Å². The van der Waals surface area contributed by atoms with E-state index in [9.17, 15) is 0 Å². The minimum atomic E-state index is 0.151. The summed E-state index contributed by atoms with van der Waals surface area (Å²) in [6.45, 7) is 0.598. The Kier molecular flexibility index (Phi) is 4.74. The molecule has 0 amide bonds. The van der Waals surface area contributed by atoms with Crippen molar-refractivity contribution in [3.05, 3.63) is 99.8 Å². The van der Waals surface area contributed by atoms with Crippen LogP contribution in [0, 0.1) is 0 Å². The maximum atomic E-state index is 6.45. The molecule has 1 aliphatic rings. The van der Waals surface area contributed by atoms with Gasteiger partial charge in [0, 0.05) is 16.5 Å². The summed E-state index contributed by atoms with van der Waals surface area (Å²) < 4.78 is 2.18. The summed E-state index contributed by atoms with van der Waals surface area (Å²) >= 11 is 12.5. The van der Waals surface area contributed by atoms with E-state index in [2.05, 4.69) is 33.3 Å². The van der Waals surface area contributed by atoms with Gasteiger partial charge < -0.3 is 9.99 Å². The van der Waals surface area contributed by atoms with Gasteiger partial charge in [0.15, 0.2) is 5.82 Å². The maximum Gasteiger partial charge on any atom is 0.157 e. The lowest BCUT2D eigenvalue weighted by Crippen LogP contribution is -2.12. The van der Waals surface area contributed by atoms with Crippen molar-refractivity contribution in [2.45, 2.75) is 19.0 Å². The van der Waals surface area contributed by atoms with E-state index >= 15 is 0 Å². The Morgan fingerprint density at radius 3 is 2.59 bits per heavy atom. The fraction of sp³-hybridized carbons (Fsp3) is 0.130. The van der Waals surface area contributed by atoms with Gasteiger partial charge in [0.1, 0.15) is 5.71 Å². The van der Waals surface area contributed by atoms with Gasteiger partial charge in [-0.05, 0) is 35.4 Å². The molecule has 0 bridgehead atoms. The molecule has 3 aromatic carbocycles. The van der Waals surface area contributed by atoms with Crippen LogP contribution in [0.15, 0.2) is 77.9 Å². The largest absolute Gasteiger partial charge is 0.318 e. The number of aromatic nitrogens is 2. The molecule has 1 N–H and O–H groups in total. The van der Waals surface area contributed by atoms with E-state index in [1.807, 2.05) is 48.5 Å². The standard InChI is InChI=1S/C23H18Cl2N4/c24-17-11-10-16(18(25)12-17)14-29-22-9-5-4-8-19(22)26-23(29)21-13-20(27-28-21)15-6-2-1-3-7-15/h1-12,20,27H,13-14H2/t20-/m1/s1. The van der Waals surface area contributed by atoms with Crippen LogP contribution in [0.25, 0.3) is 11.0 Å². The van der Waals surface area contributed by atoms with Crippen LogP contribution in [-0.4, -0.2) is 15.3 Å². The lowest BCUT2D eigenvalue weighted by atomic mass is 10.0. The third kappa shape index (κ3) is 3.50. The summed E-state index contributed by atoms with van der Waals surface area (Å²) in [5, 5.41) is 5.90. The van der Waals surface area contributed by atoms with E-state index in [1.165, 1.54) is 5.56 Å². The molecule has 1 aromatic heterocycles. The highest BCUT2D eigenvalue weighted by Crippen LogP contribution is 2.28. The molecule has 0 saturated carbocycles. The molecule has 0 aliphatic carbocycles. The van der Waals surface area contributed by atoms with Gasteiger partial charge in [0.2, 0.25) is 0 Å². The Morgan fingerprint density at radius 2 is 1.76 bits per heavy atom. The van der Waals surface area contributed by atoms with E-state index in [-0.39, 0.29) is 6.04 Å². The highest BCUT2D eigenvalue weighted by Gasteiger charge is 2.25. The lowest BCUT2D eigenvalue weighted by Gasteiger charge is -2.12. The molecule has 0 spiro atoms. The molecule has 0 saturated heterocycles. The normalized spacial score (nSPS) is 16.1. The third-order valence-electron chi connectivity index (χ3n) is 5.21. The number of nitrogens with one attached hydrogen (secondary N) is 1. The smallest absolute Gasteiger partial charge is 0.157 e. The second-order valence-corrected chi connectivity index (χ2v) is 7.94. The number of imidazole rings is 1. The molecule has 0 unspecified atom stereocenters. The van der Waals surface area contributed by atoms with Crippen LogP contribution >= 0.6 is 23.2 Å². The van der Waals surface area contributed by atoms with Crippen molar-refractivity contribution < 1.29 is 0 Å². The Hall–Kier alpha value is -2.82. The van der Waals surface area contributed by atoms with E-state index in [0.717, 1.165) is 34.6 Å².